The van der Waals surface area contributed by atoms with Crippen molar-refractivity contribution in [2.45, 2.75) is 6.04 Å². The van der Waals surface area contributed by atoms with E-state index in [1.54, 1.807) is 6.07 Å². The van der Waals surface area contributed by atoms with Crippen LogP contribution in [0.5, 0.6) is 0 Å². The quantitative estimate of drug-likeness (QED) is 0.523. The predicted molar refractivity (Wildman–Crippen MR) is 78.6 cm³/mol. The number of hydrogen-bond acceptors (Lipinski definition) is 4. The Labute approximate surface area is 121 Å². The van der Waals surface area contributed by atoms with Gasteiger partial charge in [-0.25, -0.2) is 0 Å². The molecule has 0 aliphatic carbocycles. The van der Waals surface area contributed by atoms with E-state index in [1.807, 2.05) is 24.3 Å². The Hall–Kier alpha value is -2.38. The van der Waals surface area contributed by atoms with Crippen molar-refractivity contribution < 1.29 is 9.59 Å². The molecule has 7 heteroatoms. The molecule has 5 N–H and O–H groups in total. The number of benzene rings is 1. The highest BCUT2D eigenvalue weighted by Crippen LogP contribution is 2.14. The van der Waals surface area contributed by atoms with E-state index in [0.717, 1.165) is 10.9 Å². The van der Waals surface area contributed by atoms with Crippen LogP contribution < -0.4 is 21.5 Å². The van der Waals surface area contributed by atoms with Gasteiger partial charge in [0.25, 0.3) is 5.91 Å². The Bertz CT molecular complexity index is 627. The van der Waals surface area contributed by atoms with Crippen molar-refractivity contribution in [3.05, 3.63) is 36.0 Å². The lowest BCUT2D eigenvalue weighted by molar-refractivity contribution is -0.120. The molecule has 7 nitrogen and oxygen atoms in total. The molecule has 1 aliphatic rings. The van der Waals surface area contributed by atoms with Crippen LogP contribution in [0.4, 0.5) is 0 Å². The number of rotatable bonds is 4. The largest absolute Gasteiger partial charge is 0.351 e. The van der Waals surface area contributed by atoms with Gasteiger partial charge in [-0.3, -0.25) is 20.4 Å². The lowest BCUT2D eigenvalue weighted by Gasteiger charge is -2.10. The van der Waals surface area contributed by atoms with Crippen molar-refractivity contribution in [3.8, 4) is 0 Å². The summed E-state index contributed by atoms with van der Waals surface area (Å²) in [6.45, 7) is 1.33. The minimum atomic E-state index is -0.288. The molecule has 1 aliphatic heterocycles. The summed E-state index contributed by atoms with van der Waals surface area (Å²) >= 11 is 0. The Morgan fingerprint density at radius 1 is 1.19 bits per heavy atom. The second-order valence-corrected chi connectivity index (χ2v) is 4.98. The van der Waals surface area contributed by atoms with Crippen LogP contribution in [0, 0.1) is 0 Å². The number of H-pyrrole nitrogens is 1. The molecule has 2 aromatic rings. The number of carbonyl (C=O) groups excluding carboxylic acids is 2. The second-order valence-electron chi connectivity index (χ2n) is 4.98. The first-order chi connectivity index (χ1) is 10.2. The fourth-order valence-corrected chi connectivity index (χ4v) is 2.30. The van der Waals surface area contributed by atoms with Gasteiger partial charge in [0.05, 0.1) is 12.6 Å². The minimum Gasteiger partial charge on any atom is -0.351 e. The van der Waals surface area contributed by atoms with Gasteiger partial charge >= 0.3 is 0 Å². The van der Waals surface area contributed by atoms with Crippen LogP contribution in [0.3, 0.4) is 0 Å². The lowest BCUT2D eigenvalue weighted by atomic mass is 10.2. The van der Waals surface area contributed by atoms with E-state index in [0.29, 0.717) is 18.8 Å². The summed E-state index contributed by atoms with van der Waals surface area (Å²) in [4.78, 5) is 26.8. The van der Waals surface area contributed by atoms with Crippen LogP contribution in [0.1, 0.15) is 10.5 Å². The molecule has 2 amide bonds. The predicted octanol–water partition coefficient (Wildman–Crippen LogP) is -0.510. The maximum Gasteiger partial charge on any atom is 0.268 e. The van der Waals surface area contributed by atoms with Crippen molar-refractivity contribution in [2.75, 3.05) is 19.6 Å². The molecule has 21 heavy (non-hydrogen) atoms. The topological polar surface area (TPSA) is 98.0 Å². The Kier molecular flexibility index (Phi) is 3.85. The first kappa shape index (κ1) is 13.6. The summed E-state index contributed by atoms with van der Waals surface area (Å²) in [5, 5.41) is 6.40. The highest BCUT2D eigenvalue weighted by molar-refractivity contribution is 5.99. The normalized spacial score (nSPS) is 15.2. The maximum atomic E-state index is 12.0. The fraction of sp³-hybridized carbons (Fsp3) is 0.286. The van der Waals surface area contributed by atoms with Gasteiger partial charge in [0.1, 0.15) is 5.69 Å². The standard InChI is InChI=1S/C14H17N5O2/c20-13(18-10-6-16-17-7-10)8-15-14(21)12-5-9-3-1-2-4-11(9)19-12/h1-5,10,16-17,19H,6-8H2,(H,15,21)(H,18,20). The number of hydrazine groups is 1. The Morgan fingerprint density at radius 3 is 2.71 bits per heavy atom. The van der Waals surface area contributed by atoms with Gasteiger partial charge < -0.3 is 15.6 Å². The van der Waals surface area contributed by atoms with Crippen LogP contribution in [-0.4, -0.2) is 42.5 Å². The monoisotopic (exact) mass is 287 g/mol. The molecule has 3 rings (SSSR count). The van der Waals surface area contributed by atoms with Crippen LogP contribution in [0.25, 0.3) is 10.9 Å². The van der Waals surface area contributed by atoms with Crippen LogP contribution in [-0.2, 0) is 4.79 Å². The van der Waals surface area contributed by atoms with E-state index >= 15 is 0 Å². The lowest BCUT2D eigenvalue weighted by Crippen LogP contribution is -2.44. The molecule has 110 valence electrons. The van der Waals surface area contributed by atoms with E-state index in [1.165, 1.54) is 0 Å². The van der Waals surface area contributed by atoms with Crippen molar-refractivity contribution in [1.82, 2.24) is 26.5 Å². The van der Waals surface area contributed by atoms with Crippen LogP contribution in [0.15, 0.2) is 30.3 Å². The van der Waals surface area contributed by atoms with Crippen molar-refractivity contribution in [3.63, 3.8) is 0 Å². The van der Waals surface area contributed by atoms with Gasteiger partial charge in [0.2, 0.25) is 5.91 Å². The molecular weight excluding hydrogens is 270 g/mol. The number of aromatic amines is 1. The summed E-state index contributed by atoms with van der Waals surface area (Å²) in [5.74, 6) is -0.487. The number of amides is 2. The van der Waals surface area contributed by atoms with E-state index in [-0.39, 0.29) is 24.4 Å². The van der Waals surface area contributed by atoms with Gasteiger partial charge in [0.15, 0.2) is 0 Å². The summed E-state index contributed by atoms with van der Waals surface area (Å²) in [6.07, 6.45) is 0. The minimum absolute atomic E-state index is 0.0370. The number of hydrogen-bond donors (Lipinski definition) is 5. The number of nitrogens with one attached hydrogen (secondary N) is 5. The highest BCUT2D eigenvalue weighted by Gasteiger charge is 2.17. The number of fused-ring (bicyclic) bond motifs is 1. The molecule has 1 saturated heterocycles. The van der Waals surface area contributed by atoms with Gasteiger partial charge in [-0.15, -0.1) is 0 Å². The molecule has 1 aromatic carbocycles. The highest BCUT2D eigenvalue weighted by atomic mass is 16.2. The zero-order valence-electron chi connectivity index (χ0n) is 11.4. The molecular formula is C14H17N5O2. The fourth-order valence-electron chi connectivity index (χ4n) is 2.30. The zero-order valence-corrected chi connectivity index (χ0v) is 11.4. The summed E-state index contributed by atoms with van der Waals surface area (Å²) in [7, 11) is 0. The van der Waals surface area contributed by atoms with E-state index < -0.39 is 0 Å². The van der Waals surface area contributed by atoms with Gasteiger partial charge in [-0.2, -0.15) is 0 Å². The molecule has 0 radical (unpaired) electrons. The molecule has 0 bridgehead atoms. The number of para-hydroxylation sites is 1. The average Bonchev–Trinajstić information content (AvgIpc) is 3.13. The number of carbonyl (C=O) groups is 2. The van der Waals surface area contributed by atoms with Crippen molar-refractivity contribution in [2.24, 2.45) is 0 Å². The third kappa shape index (κ3) is 3.21. The van der Waals surface area contributed by atoms with Crippen molar-refractivity contribution >= 4 is 22.7 Å². The summed E-state index contributed by atoms with van der Waals surface area (Å²) in [6, 6.07) is 9.47. The smallest absolute Gasteiger partial charge is 0.268 e. The van der Waals surface area contributed by atoms with E-state index in [9.17, 15) is 9.59 Å². The first-order valence-electron chi connectivity index (χ1n) is 6.83. The van der Waals surface area contributed by atoms with Gasteiger partial charge in [-0.1, -0.05) is 18.2 Å². The summed E-state index contributed by atoms with van der Waals surface area (Å²) < 4.78 is 0. The third-order valence-electron chi connectivity index (χ3n) is 3.37. The summed E-state index contributed by atoms with van der Waals surface area (Å²) in [5.41, 5.74) is 7.20. The Morgan fingerprint density at radius 2 is 1.95 bits per heavy atom. The van der Waals surface area contributed by atoms with E-state index in [4.69, 9.17) is 0 Å². The molecule has 1 aromatic heterocycles. The SMILES string of the molecule is O=C(CNC(=O)c1cc2ccccc2[nH]1)NC1CNNC1. The van der Waals surface area contributed by atoms with Gasteiger partial charge in [-0.05, 0) is 12.1 Å². The molecule has 2 heterocycles. The molecule has 0 spiro atoms. The zero-order chi connectivity index (χ0) is 14.7. The Balaban J connectivity index is 1.54. The first-order valence-corrected chi connectivity index (χ1v) is 6.83. The molecule has 0 saturated carbocycles. The van der Waals surface area contributed by atoms with Crippen LogP contribution >= 0.6 is 0 Å². The average molecular weight is 287 g/mol. The molecule has 0 unspecified atom stereocenters. The third-order valence-corrected chi connectivity index (χ3v) is 3.37. The van der Waals surface area contributed by atoms with Crippen LogP contribution in [0.2, 0.25) is 0 Å². The van der Waals surface area contributed by atoms with Gasteiger partial charge in [0, 0.05) is 24.0 Å². The number of aromatic nitrogens is 1. The maximum absolute atomic E-state index is 12.0. The molecule has 0 atom stereocenters. The molecule has 1 fully saturated rings. The van der Waals surface area contributed by atoms with E-state index in [2.05, 4.69) is 26.5 Å². The van der Waals surface area contributed by atoms with Crippen molar-refractivity contribution in [1.29, 1.82) is 0 Å². The second kappa shape index (κ2) is 5.94.